The van der Waals surface area contributed by atoms with E-state index in [1.54, 1.807) is 5.38 Å². The third-order valence-electron chi connectivity index (χ3n) is 3.30. The highest BCUT2D eigenvalue weighted by molar-refractivity contribution is 7.09. The van der Waals surface area contributed by atoms with Gasteiger partial charge in [-0.1, -0.05) is 48.5 Å². The number of carbonyl (C=O) groups is 2. The van der Waals surface area contributed by atoms with Crippen LogP contribution in [0.4, 0.5) is 0 Å². The van der Waals surface area contributed by atoms with Gasteiger partial charge in [-0.3, -0.25) is 9.59 Å². The van der Waals surface area contributed by atoms with E-state index in [1.165, 1.54) is 11.3 Å². The van der Waals surface area contributed by atoms with Crippen LogP contribution < -0.4 is 5.32 Å². The second-order valence-corrected chi connectivity index (χ2v) is 9.00. The lowest BCUT2D eigenvalue weighted by molar-refractivity contribution is -0.140. The molecule has 0 fully saturated rings. The molecule has 0 unspecified atom stereocenters. The summed E-state index contributed by atoms with van der Waals surface area (Å²) < 4.78 is 0. The van der Waals surface area contributed by atoms with Crippen LogP contribution >= 0.6 is 11.3 Å². The van der Waals surface area contributed by atoms with Crippen LogP contribution in [0.15, 0.2) is 5.38 Å². The molecule has 1 aromatic heterocycles. The Morgan fingerprint density at radius 1 is 1.21 bits per heavy atom. The van der Waals surface area contributed by atoms with E-state index in [0.29, 0.717) is 37.2 Å². The third kappa shape index (κ3) is 6.59. The maximum Gasteiger partial charge on any atom is 0.270 e. The molecule has 0 bridgehead atoms. The Kier molecular flexibility index (Phi) is 7.39. The fourth-order valence-corrected chi connectivity index (χ4v) is 2.96. The van der Waals surface area contributed by atoms with E-state index in [9.17, 15) is 9.59 Å². The van der Waals surface area contributed by atoms with Crippen molar-refractivity contribution >= 4 is 23.2 Å². The van der Waals surface area contributed by atoms with Crippen LogP contribution in [0.2, 0.25) is 0 Å². The largest absolute Gasteiger partial charge is 0.350 e. The lowest BCUT2D eigenvalue weighted by atomic mass is 9.94. The molecular formula is C18H31N3O2S. The number of hydrogen-bond donors (Lipinski definition) is 1. The predicted molar refractivity (Wildman–Crippen MR) is 99.0 cm³/mol. The first-order chi connectivity index (χ1) is 11.0. The maximum absolute atomic E-state index is 12.6. The number of aromatic nitrogens is 1. The molecule has 136 valence electrons. The van der Waals surface area contributed by atoms with Crippen LogP contribution in [0.3, 0.4) is 0 Å². The van der Waals surface area contributed by atoms with Crippen molar-refractivity contribution in [2.24, 2.45) is 17.3 Å². The van der Waals surface area contributed by atoms with Gasteiger partial charge in [-0.2, -0.15) is 0 Å². The summed E-state index contributed by atoms with van der Waals surface area (Å²) in [6.07, 6.45) is 0. The first kappa shape index (κ1) is 20.6. The second-order valence-electron chi connectivity index (χ2n) is 8.06. The van der Waals surface area contributed by atoms with Gasteiger partial charge in [0, 0.05) is 23.9 Å². The summed E-state index contributed by atoms with van der Waals surface area (Å²) in [5, 5.41) is 5.43. The van der Waals surface area contributed by atoms with E-state index < -0.39 is 5.41 Å². The van der Waals surface area contributed by atoms with Gasteiger partial charge in [0.1, 0.15) is 10.7 Å². The van der Waals surface area contributed by atoms with Crippen molar-refractivity contribution in [1.82, 2.24) is 15.2 Å². The summed E-state index contributed by atoms with van der Waals surface area (Å²) >= 11 is 1.43. The number of hydrogen-bond acceptors (Lipinski definition) is 4. The van der Waals surface area contributed by atoms with Gasteiger partial charge in [0.2, 0.25) is 5.91 Å². The Morgan fingerprint density at radius 3 is 2.33 bits per heavy atom. The molecule has 0 aliphatic carbocycles. The Balaban J connectivity index is 2.81. The van der Waals surface area contributed by atoms with E-state index in [0.717, 1.165) is 5.01 Å². The first-order valence-electron chi connectivity index (χ1n) is 8.52. The van der Waals surface area contributed by atoms with Crippen LogP contribution in [0.5, 0.6) is 0 Å². The molecule has 24 heavy (non-hydrogen) atoms. The zero-order valence-corrected chi connectivity index (χ0v) is 16.8. The highest BCUT2D eigenvalue weighted by atomic mass is 32.1. The Hall–Kier alpha value is -1.43. The normalized spacial score (nSPS) is 11.9. The molecule has 1 heterocycles. The minimum absolute atomic E-state index is 0.109. The number of nitrogens with zero attached hydrogens (tertiary/aromatic N) is 2. The van der Waals surface area contributed by atoms with Crippen LogP contribution in [0.25, 0.3) is 0 Å². The van der Waals surface area contributed by atoms with Crippen LogP contribution in [-0.4, -0.2) is 34.8 Å². The van der Waals surface area contributed by atoms with E-state index in [1.807, 2.05) is 25.7 Å². The van der Waals surface area contributed by atoms with Gasteiger partial charge in [-0.05, 0) is 11.8 Å². The average molecular weight is 354 g/mol. The third-order valence-corrected chi connectivity index (χ3v) is 4.13. The highest BCUT2D eigenvalue weighted by Crippen LogP contribution is 2.21. The van der Waals surface area contributed by atoms with Gasteiger partial charge in [-0.15, -0.1) is 11.3 Å². The molecule has 0 spiro atoms. The monoisotopic (exact) mass is 353 g/mol. The molecule has 6 heteroatoms. The Morgan fingerprint density at radius 2 is 1.83 bits per heavy atom. The molecule has 0 aliphatic heterocycles. The standard InChI is InChI=1S/C18H31N3O2S/c1-12(2)8-19-16(22)14-11-24-15(20-14)10-21(9-13(3)4)17(23)18(5,6)7/h11-13H,8-10H2,1-7H3,(H,19,22). The number of nitrogens with one attached hydrogen (secondary N) is 1. The van der Waals surface area contributed by atoms with Gasteiger partial charge in [0.25, 0.3) is 5.91 Å². The molecule has 2 amide bonds. The van der Waals surface area contributed by atoms with E-state index in [4.69, 9.17) is 0 Å². The van der Waals surface area contributed by atoms with E-state index in [2.05, 4.69) is 38.0 Å². The number of thiazole rings is 1. The number of carbonyl (C=O) groups excluding carboxylic acids is 2. The van der Waals surface area contributed by atoms with Gasteiger partial charge in [0.15, 0.2) is 0 Å². The van der Waals surface area contributed by atoms with Gasteiger partial charge in [0.05, 0.1) is 6.54 Å². The zero-order valence-electron chi connectivity index (χ0n) is 16.0. The minimum atomic E-state index is -0.427. The lowest BCUT2D eigenvalue weighted by Gasteiger charge is -2.30. The van der Waals surface area contributed by atoms with Crippen molar-refractivity contribution in [2.45, 2.75) is 55.0 Å². The SMILES string of the molecule is CC(C)CNC(=O)c1csc(CN(CC(C)C)C(=O)C(C)(C)C)n1. The Labute approximate surface area is 149 Å². The van der Waals surface area contributed by atoms with Gasteiger partial charge in [-0.25, -0.2) is 4.98 Å². The van der Waals surface area contributed by atoms with Crippen molar-refractivity contribution in [2.75, 3.05) is 13.1 Å². The molecule has 1 aromatic rings. The van der Waals surface area contributed by atoms with Crippen molar-refractivity contribution in [3.8, 4) is 0 Å². The molecule has 0 saturated carbocycles. The average Bonchev–Trinajstić information content (AvgIpc) is 2.90. The van der Waals surface area contributed by atoms with Crippen molar-refractivity contribution in [3.63, 3.8) is 0 Å². The summed E-state index contributed by atoms with van der Waals surface area (Å²) in [7, 11) is 0. The summed E-state index contributed by atoms with van der Waals surface area (Å²) in [6, 6.07) is 0. The zero-order chi connectivity index (χ0) is 18.5. The fraction of sp³-hybridized carbons (Fsp3) is 0.722. The summed E-state index contributed by atoms with van der Waals surface area (Å²) in [6.45, 7) is 15.8. The molecule has 0 radical (unpaired) electrons. The molecule has 0 saturated heterocycles. The molecule has 5 nitrogen and oxygen atoms in total. The van der Waals surface area contributed by atoms with Crippen molar-refractivity contribution in [1.29, 1.82) is 0 Å². The molecular weight excluding hydrogens is 322 g/mol. The molecule has 0 aromatic carbocycles. The smallest absolute Gasteiger partial charge is 0.270 e. The topological polar surface area (TPSA) is 62.3 Å². The second kappa shape index (κ2) is 8.60. The molecule has 1 N–H and O–H groups in total. The Bertz CT molecular complexity index is 559. The quantitative estimate of drug-likeness (QED) is 0.815. The maximum atomic E-state index is 12.6. The molecule has 0 aliphatic rings. The van der Waals surface area contributed by atoms with Gasteiger partial charge < -0.3 is 10.2 Å². The summed E-state index contributed by atoms with van der Waals surface area (Å²) in [5.41, 5.74) is 0.00670. The number of amides is 2. The highest BCUT2D eigenvalue weighted by Gasteiger charge is 2.28. The molecule has 1 rings (SSSR count). The summed E-state index contributed by atoms with van der Waals surface area (Å²) in [5.74, 6) is 0.740. The fourth-order valence-electron chi connectivity index (χ4n) is 2.17. The molecule has 0 atom stereocenters. The van der Waals surface area contributed by atoms with Crippen LogP contribution in [-0.2, 0) is 11.3 Å². The van der Waals surface area contributed by atoms with E-state index >= 15 is 0 Å². The van der Waals surface area contributed by atoms with Crippen molar-refractivity contribution in [3.05, 3.63) is 16.1 Å². The predicted octanol–water partition coefficient (Wildman–Crippen LogP) is 3.56. The minimum Gasteiger partial charge on any atom is -0.350 e. The van der Waals surface area contributed by atoms with Crippen molar-refractivity contribution < 1.29 is 9.59 Å². The first-order valence-corrected chi connectivity index (χ1v) is 9.40. The van der Waals surface area contributed by atoms with Gasteiger partial charge >= 0.3 is 0 Å². The van der Waals surface area contributed by atoms with E-state index in [-0.39, 0.29) is 11.8 Å². The van der Waals surface area contributed by atoms with Crippen LogP contribution in [0, 0.1) is 17.3 Å². The lowest BCUT2D eigenvalue weighted by Crippen LogP contribution is -2.41. The van der Waals surface area contributed by atoms with Crippen LogP contribution in [0.1, 0.15) is 64.0 Å². The summed E-state index contributed by atoms with van der Waals surface area (Å²) in [4.78, 5) is 31.0. The number of rotatable bonds is 7.